The molecule has 0 saturated carbocycles. The van der Waals surface area contributed by atoms with Crippen LogP contribution < -0.4 is 9.47 Å². The number of carboxylic acid groups (broad SMARTS) is 1. The monoisotopic (exact) mass is 486 g/mol. The zero-order chi connectivity index (χ0) is 25.7. The van der Waals surface area contributed by atoms with E-state index in [1.165, 1.54) is 11.1 Å². The summed E-state index contributed by atoms with van der Waals surface area (Å²) in [6.45, 7) is 10.1. The molecule has 1 N–H and O–H groups in total. The molecule has 0 aromatic heterocycles. The van der Waals surface area contributed by atoms with Crippen molar-refractivity contribution in [1.82, 2.24) is 0 Å². The number of aryl methyl sites for hydroxylation is 1. The molecule has 3 aromatic carbocycles. The van der Waals surface area contributed by atoms with E-state index in [1.54, 1.807) is 12.1 Å². The van der Waals surface area contributed by atoms with Crippen LogP contribution in [0.4, 0.5) is 0 Å². The molecule has 1 aliphatic rings. The summed E-state index contributed by atoms with van der Waals surface area (Å²) in [6, 6.07) is 23.7. The summed E-state index contributed by atoms with van der Waals surface area (Å²) in [7, 11) is 0. The van der Waals surface area contributed by atoms with Crippen LogP contribution >= 0.6 is 0 Å². The summed E-state index contributed by atoms with van der Waals surface area (Å²) in [5, 5.41) is 9.23. The van der Waals surface area contributed by atoms with Crippen LogP contribution in [0.5, 0.6) is 17.2 Å². The average molecular weight is 487 g/mol. The largest absolute Gasteiger partial charge is 0.482 e. The van der Waals surface area contributed by atoms with Gasteiger partial charge in [0.25, 0.3) is 0 Å². The Morgan fingerprint density at radius 1 is 1.06 bits per heavy atom. The first-order valence-electron chi connectivity index (χ1n) is 12.4. The van der Waals surface area contributed by atoms with Crippen LogP contribution in [-0.4, -0.2) is 23.8 Å². The Hall–Kier alpha value is -3.57. The number of rotatable bonds is 9. The number of aliphatic carboxylic acids is 1. The minimum atomic E-state index is -1.03. The molecule has 0 spiro atoms. The lowest BCUT2D eigenvalue weighted by Crippen LogP contribution is -2.36. The second-order valence-electron chi connectivity index (χ2n) is 9.51. The smallest absolute Gasteiger partial charge is 0.341 e. The summed E-state index contributed by atoms with van der Waals surface area (Å²) in [5.41, 5.74) is 4.29. The predicted octanol–water partition coefficient (Wildman–Crippen LogP) is 7.47. The van der Waals surface area contributed by atoms with E-state index in [2.05, 4.69) is 44.7 Å². The second-order valence-corrected chi connectivity index (χ2v) is 9.51. The van der Waals surface area contributed by atoms with Crippen molar-refractivity contribution in [3.8, 4) is 17.2 Å². The van der Waals surface area contributed by atoms with Crippen LogP contribution in [0.15, 0.2) is 84.9 Å². The van der Waals surface area contributed by atoms with Gasteiger partial charge >= 0.3 is 5.97 Å². The van der Waals surface area contributed by atoms with Crippen molar-refractivity contribution < 1.29 is 24.1 Å². The normalized spacial score (nSPS) is 21.5. The Bertz CT molecular complexity index is 1190. The van der Waals surface area contributed by atoms with Crippen molar-refractivity contribution in [3.63, 3.8) is 0 Å². The fourth-order valence-electron chi connectivity index (χ4n) is 4.93. The molecule has 188 valence electrons. The van der Waals surface area contributed by atoms with Crippen LogP contribution in [-0.2, 0) is 9.53 Å². The lowest BCUT2D eigenvalue weighted by atomic mass is 9.75. The van der Waals surface area contributed by atoms with E-state index in [1.807, 2.05) is 43.3 Å². The maximum Gasteiger partial charge on any atom is 0.341 e. The molecular weight excluding hydrogens is 452 g/mol. The van der Waals surface area contributed by atoms with Gasteiger partial charge in [-0.05, 0) is 62.6 Å². The van der Waals surface area contributed by atoms with Gasteiger partial charge in [-0.2, -0.15) is 0 Å². The van der Waals surface area contributed by atoms with E-state index in [0.717, 1.165) is 29.7 Å². The Balaban J connectivity index is 1.71. The number of hydrogen-bond donors (Lipinski definition) is 1. The minimum absolute atomic E-state index is 0.000622. The van der Waals surface area contributed by atoms with Crippen LogP contribution in [0.25, 0.3) is 0 Å². The van der Waals surface area contributed by atoms with E-state index in [0.29, 0.717) is 11.5 Å². The molecule has 4 atom stereocenters. The van der Waals surface area contributed by atoms with Crippen LogP contribution in [0, 0.1) is 12.8 Å². The molecule has 1 saturated heterocycles. The first-order valence-corrected chi connectivity index (χ1v) is 12.4. The van der Waals surface area contributed by atoms with Gasteiger partial charge in [-0.1, -0.05) is 67.1 Å². The van der Waals surface area contributed by atoms with Crippen molar-refractivity contribution in [2.45, 2.75) is 51.7 Å². The molecule has 3 aromatic rings. The lowest BCUT2D eigenvalue weighted by Gasteiger charge is -2.43. The molecule has 5 nitrogen and oxygen atoms in total. The summed E-state index contributed by atoms with van der Waals surface area (Å²) < 4.78 is 18.6. The third-order valence-corrected chi connectivity index (χ3v) is 6.80. The van der Waals surface area contributed by atoms with Crippen molar-refractivity contribution in [2.75, 3.05) is 6.61 Å². The highest BCUT2D eigenvalue weighted by Gasteiger charge is 2.40. The Kier molecular flexibility index (Phi) is 8.11. The fourth-order valence-corrected chi connectivity index (χ4v) is 4.93. The second kappa shape index (κ2) is 11.4. The van der Waals surface area contributed by atoms with Gasteiger partial charge in [0.05, 0.1) is 12.2 Å². The molecule has 4 rings (SSSR count). The number of ether oxygens (including phenoxy) is 3. The predicted molar refractivity (Wildman–Crippen MR) is 141 cm³/mol. The first kappa shape index (κ1) is 25.5. The minimum Gasteiger partial charge on any atom is -0.482 e. The fraction of sp³-hybridized carbons (Fsp3) is 0.323. The van der Waals surface area contributed by atoms with Gasteiger partial charge in [0, 0.05) is 17.4 Å². The third kappa shape index (κ3) is 5.97. The zero-order valence-electron chi connectivity index (χ0n) is 21.1. The van der Waals surface area contributed by atoms with E-state index >= 15 is 0 Å². The topological polar surface area (TPSA) is 65.0 Å². The molecular formula is C31H34O5. The van der Waals surface area contributed by atoms with Gasteiger partial charge in [0.2, 0.25) is 0 Å². The van der Waals surface area contributed by atoms with Crippen molar-refractivity contribution in [2.24, 2.45) is 5.92 Å². The summed E-state index contributed by atoms with van der Waals surface area (Å²) in [6.07, 6.45) is 1.39. The number of benzene rings is 3. The van der Waals surface area contributed by atoms with E-state index in [9.17, 15) is 9.90 Å². The number of para-hydroxylation sites is 1. The summed E-state index contributed by atoms with van der Waals surface area (Å²) >= 11 is 0. The highest BCUT2D eigenvalue weighted by atomic mass is 16.5. The molecule has 36 heavy (non-hydrogen) atoms. The van der Waals surface area contributed by atoms with Crippen LogP contribution in [0.2, 0.25) is 0 Å². The number of carbonyl (C=O) groups is 1. The van der Waals surface area contributed by atoms with Gasteiger partial charge in [0.15, 0.2) is 6.61 Å². The molecule has 0 unspecified atom stereocenters. The Morgan fingerprint density at radius 3 is 2.42 bits per heavy atom. The Labute approximate surface area is 213 Å². The summed E-state index contributed by atoms with van der Waals surface area (Å²) in [5.74, 6) is 1.07. The Morgan fingerprint density at radius 2 is 1.78 bits per heavy atom. The molecule has 0 bridgehead atoms. The summed E-state index contributed by atoms with van der Waals surface area (Å²) in [4.78, 5) is 11.3. The van der Waals surface area contributed by atoms with E-state index < -0.39 is 12.6 Å². The SMILES string of the molecule is C=C(C)[C@@H]1C[C@H](c2ccc(C)cc2)[C@H](CC)O[C@@H]1c1cc(Oc2ccccc2)ccc1OCC(=O)O. The van der Waals surface area contributed by atoms with Crippen LogP contribution in [0.3, 0.4) is 0 Å². The molecule has 1 heterocycles. The molecule has 0 radical (unpaired) electrons. The quantitative estimate of drug-likeness (QED) is 0.318. The molecule has 1 fully saturated rings. The zero-order valence-corrected chi connectivity index (χ0v) is 21.1. The van der Waals surface area contributed by atoms with Gasteiger partial charge in [-0.25, -0.2) is 4.79 Å². The van der Waals surface area contributed by atoms with Gasteiger partial charge in [-0.15, -0.1) is 0 Å². The average Bonchev–Trinajstić information content (AvgIpc) is 2.88. The standard InChI is InChI=1S/C31H34O5/c1-5-28-26(22-13-11-21(4)12-14-22)18-25(20(2)3)31(36-28)27-17-24(35-23-9-7-6-8-10-23)15-16-29(27)34-19-30(32)33/h6-17,25-26,28,31H,2,5,18-19H2,1,3-4H3,(H,32,33)/t25-,26+,28-,31-/m0/s1. The maximum atomic E-state index is 11.3. The maximum absolute atomic E-state index is 11.3. The van der Waals surface area contributed by atoms with E-state index in [4.69, 9.17) is 14.2 Å². The van der Waals surface area contributed by atoms with Gasteiger partial charge in [0.1, 0.15) is 17.2 Å². The third-order valence-electron chi connectivity index (χ3n) is 6.80. The molecule has 0 aliphatic carbocycles. The van der Waals surface area contributed by atoms with Crippen LogP contribution in [0.1, 0.15) is 55.4 Å². The molecule has 0 amide bonds. The number of carboxylic acids is 1. The molecule has 5 heteroatoms. The first-order chi connectivity index (χ1) is 17.4. The number of hydrogen-bond acceptors (Lipinski definition) is 4. The van der Waals surface area contributed by atoms with E-state index in [-0.39, 0.29) is 24.0 Å². The van der Waals surface area contributed by atoms with Crippen molar-refractivity contribution >= 4 is 5.97 Å². The van der Waals surface area contributed by atoms with Gasteiger partial charge in [-0.3, -0.25) is 0 Å². The van der Waals surface area contributed by atoms with Gasteiger partial charge < -0.3 is 19.3 Å². The molecule has 1 aliphatic heterocycles. The van der Waals surface area contributed by atoms with Crippen molar-refractivity contribution in [3.05, 3.63) is 102 Å². The van der Waals surface area contributed by atoms with Crippen molar-refractivity contribution in [1.29, 1.82) is 0 Å². The lowest BCUT2D eigenvalue weighted by molar-refractivity contribution is -0.139. The highest BCUT2D eigenvalue weighted by molar-refractivity contribution is 5.68. The highest BCUT2D eigenvalue weighted by Crippen LogP contribution is 2.49.